The topological polar surface area (TPSA) is 12.9 Å². The lowest BCUT2D eigenvalue weighted by Crippen LogP contribution is -1.91. The zero-order chi connectivity index (χ0) is 11.7. The SMILES string of the molecule is Brc1ccc(-c2nc(C3CCCC3)cs2)cc1. The van der Waals surface area contributed by atoms with Crippen molar-refractivity contribution in [3.8, 4) is 10.6 Å². The molecule has 0 radical (unpaired) electrons. The van der Waals surface area contributed by atoms with Crippen LogP contribution in [0.4, 0.5) is 0 Å². The Labute approximate surface area is 114 Å². The van der Waals surface area contributed by atoms with E-state index in [1.54, 1.807) is 11.3 Å². The van der Waals surface area contributed by atoms with E-state index in [1.165, 1.54) is 36.9 Å². The Bertz CT molecular complexity index is 497. The van der Waals surface area contributed by atoms with Crippen LogP contribution < -0.4 is 0 Å². The Morgan fingerprint density at radius 1 is 1.12 bits per heavy atom. The molecule has 88 valence electrons. The smallest absolute Gasteiger partial charge is 0.123 e. The largest absolute Gasteiger partial charge is 0.241 e. The maximum Gasteiger partial charge on any atom is 0.123 e. The molecule has 0 aliphatic heterocycles. The van der Waals surface area contributed by atoms with Gasteiger partial charge in [-0.15, -0.1) is 11.3 Å². The molecule has 2 aromatic rings. The van der Waals surface area contributed by atoms with Crippen molar-refractivity contribution in [1.29, 1.82) is 0 Å². The van der Waals surface area contributed by atoms with E-state index in [0.717, 1.165) is 15.4 Å². The minimum atomic E-state index is 0.718. The molecular weight excluding hydrogens is 294 g/mol. The molecule has 1 nitrogen and oxygen atoms in total. The van der Waals surface area contributed by atoms with Gasteiger partial charge in [-0.1, -0.05) is 40.9 Å². The van der Waals surface area contributed by atoms with Crippen LogP contribution in [0.25, 0.3) is 10.6 Å². The highest BCUT2D eigenvalue weighted by Gasteiger charge is 2.19. The van der Waals surface area contributed by atoms with Crippen molar-refractivity contribution in [3.05, 3.63) is 39.8 Å². The third kappa shape index (κ3) is 2.45. The summed E-state index contributed by atoms with van der Waals surface area (Å²) >= 11 is 5.23. The van der Waals surface area contributed by atoms with Gasteiger partial charge >= 0.3 is 0 Å². The van der Waals surface area contributed by atoms with Gasteiger partial charge in [0.05, 0.1) is 5.69 Å². The fraction of sp³-hybridized carbons (Fsp3) is 0.357. The normalized spacial score (nSPS) is 16.5. The molecule has 0 saturated heterocycles. The fourth-order valence-corrected chi connectivity index (χ4v) is 3.59. The van der Waals surface area contributed by atoms with Gasteiger partial charge < -0.3 is 0 Å². The van der Waals surface area contributed by atoms with E-state index in [4.69, 9.17) is 4.98 Å². The van der Waals surface area contributed by atoms with E-state index >= 15 is 0 Å². The summed E-state index contributed by atoms with van der Waals surface area (Å²) in [6.45, 7) is 0. The molecule has 1 aliphatic carbocycles. The van der Waals surface area contributed by atoms with Gasteiger partial charge in [0.25, 0.3) is 0 Å². The number of hydrogen-bond donors (Lipinski definition) is 0. The summed E-state index contributed by atoms with van der Waals surface area (Å²) in [5.74, 6) is 0.718. The van der Waals surface area contributed by atoms with E-state index in [1.807, 2.05) is 0 Å². The summed E-state index contributed by atoms with van der Waals surface area (Å²) in [6.07, 6.45) is 5.39. The van der Waals surface area contributed by atoms with Crippen molar-refractivity contribution in [2.24, 2.45) is 0 Å². The van der Waals surface area contributed by atoms with Crippen LogP contribution in [0.15, 0.2) is 34.1 Å². The molecule has 3 heteroatoms. The highest BCUT2D eigenvalue weighted by Crippen LogP contribution is 2.36. The van der Waals surface area contributed by atoms with Gasteiger partial charge in [0, 0.05) is 21.3 Å². The predicted molar refractivity (Wildman–Crippen MR) is 76.5 cm³/mol. The molecule has 0 atom stereocenters. The van der Waals surface area contributed by atoms with Crippen molar-refractivity contribution < 1.29 is 0 Å². The van der Waals surface area contributed by atoms with Crippen LogP contribution >= 0.6 is 27.3 Å². The molecule has 1 heterocycles. The van der Waals surface area contributed by atoms with E-state index < -0.39 is 0 Å². The van der Waals surface area contributed by atoms with Crippen molar-refractivity contribution in [2.75, 3.05) is 0 Å². The number of hydrogen-bond acceptors (Lipinski definition) is 2. The minimum absolute atomic E-state index is 0.718. The predicted octanol–water partition coefficient (Wildman–Crippen LogP) is 5.23. The summed E-state index contributed by atoms with van der Waals surface area (Å²) in [4.78, 5) is 4.80. The fourth-order valence-electron chi connectivity index (χ4n) is 2.42. The van der Waals surface area contributed by atoms with Crippen LogP contribution in [0.3, 0.4) is 0 Å². The number of aromatic nitrogens is 1. The molecule has 1 fully saturated rings. The van der Waals surface area contributed by atoms with Crippen LogP contribution in [0, 0.1) is 0 Å². The molecule has 3 rings (SSSR count). The second-order valence-electron chi connectivity index (χ2n) is 4.57. The van der Waals surface area contributed by atoms with Crippen LogP contribution in [-0.2, 0) is 0 Å². The first-order chi connectivity index (χ1) is 8.33. The van der Waals surface area contributed by atoms with Gasteiger partial charge in [-0.3, -0.25) is 0 Å². The molecule has 1 saturated carbocycles. The third-order valence-electron chi connectivity index (χ3n) is 3.39. The molecule has 0 unspecified atom stereocenters. The zero-order valence-corrected chi connectivity index (χ0v) is 11.9. The number of rotatable bonds is 2. The summed E-state index contributed by atoms with van der Waals surface area (Å²) in [5, 5.41) is 3.40. The van der Waals surface area contributed by atoms with Gasteiger partial charge in [-0.05, 0) is 25.0 Å². The Hall–Kier alpha value is -0.670. The maximum absolute atomic E-state index is 4.80. The first kappa shape index (κ1) is 11.4. The highest BCUT2D eigenvalue weighted by molar-refractivity contribution is 9.10. The molecular formula is C14H14BrNS. The lowest BCUT2D eigenvalue weighted by molar-refractivity contribution is 0.704. The standard InChI is InChI=1S/C14H14BrNS/c15-12-7-5-11(6-8-12)14-16-13(9-17-14)10-3-1-2-4-10/h5-10H,1-4H2. The number of nitrogens with zero attached hydrogens (tertiary/aromatic N) is 1. The summed E-state index contributed by atoms with van der Waals surface area (Å²) in [6, 6.07) is 8.40. The summed E-state index contributed by atoms with van der Waals surface area (Å²) < 4.78 is 1.12. The van der Waals surface area contributed by atoms with Gasteiger partial charge in [0.2, 0.25) is 0 Å². The lowest BCUT2D eigenvalue weighted by Gasteiger charge is -2.03. The number of halogens is 1. The molecule has 0 N–H and O–H groups in total. The Morgan fingerprint density at radius 3 is 2.53 bits per heavy atom. The van der Waals surface area contributed by atoms with Crippen LogP contribution in [0.2, 0.25) is 0 Å². The summed E-state index contributed by atoms with van der Waals surface area (Å²) in [5.41, 5.74) is 2.54. The van der Waals surface area contributed by atoms with Gasteiger partial charge in [0.1, 0.15) is 5.01 Å². The average Bonchev–Trinajstić information content (AvgIpc) is 3.00. The van der Waals surface area contributed by atoms with E-state index in [-0.39, 0.29) is 0 Å². The summed E-state index contributed by atoms with van der Waals surface area (Å²) in [7, 11) is 0. The van der Waals surface area contributed by atoms with E-state index in [2.05, 4.69) is 45.6 Å². The highest BCUT2D eigenvalue weighted by atomic mass is 79.9. The molecule has 17 heavy (non-hydrogen) atoms. The van der Waals surface area contributed by atoms with Gasteiger partial charge in [0.15, 0.2) is 0 Å². The van der Waals surface area contributed by atoms with Crippen molar-refractivity contribution >= 4 is 27.3 Å². The maximum atomic E-state index is 4.80. The monoisotopic (exact) mass is 307 g/mol. The number of benzene rings is 1. The second kappa shape index (κ2) is 4.91. The van der Waals surface area contributed by atoms with Crippen molar-refractivity contribution in [3.63, 3.8) is 0 Å². The quantitative estimate of drug-likeness (QED) is 0.740. The van der Waals surface area contributed by atoms with Gasteiger partial charge in [-0.25, -0.2) is 4.98 Å². The zero-order valence-electron chi connectivity index (χ0n) is 9.53. The van der Waals surface area contributed by atoms with E-state index in [0.29, 0.717) is 0 Å². The third-order valence-corrected chi connectivity index (χ3v) is 4.82. The minimum Gasteiger partial charge on any atom is -0.241 e. The van der Waals surface area contributed by atoms with Gasteiger partial charge in [-0.2, -0.15) is 0 Å². The molecule has 1 aliphatic rings. The lowest BCUT2D eigenvalue weighted by atomic mass is 10.1. The second-order valence-corrected chi connectivity index (χ2v) is 6.34. The van der Waals surface area contributed by atoms with Crippen LogP contribution in [-0.4, -0.2) is 4.98 Å². The van der Waals surface area contributed by atoms with Crippen molar-refractivity contribution in [1.82, 2.24) is 4.98 Å². The van der Waals surface area contributed by atoms with Crippen molar-refractivity contribution in [2.45, 2.75) is 31.6 Å². The average molecular weight is 308 g/mol. The Balaban J connectivity index is 1.86. The molecule has 0 spiro atoms. The van der Waals surface area contributed by atoms with E-state index in [9.17, 15) is 0 Å². The van der Waals surface area contributed by atoms with Crippen LogP contribution in [0.5, 0.6) is 0 Å². The first-order valence-corrected chi connectivity index (χ1v) is 7.71. The molecule has 0 amide bonds. The first-order valence-electron chi connectivity index (χ1n) is 6.04. The Morgan fingerprint density at radius 2 is 1.82 bits per heavy atom. The molecule has 0 bridgehead atoms. The molecule has 1 aromatic heterocycles. The number of thiazole rings is 1. The van der Waals surface area contributed by atoms with Crippen LogP contribution in [0.1, 0.15) is 37.3 Å². The molecule has 1 aromatic carbocycles. The Kier molecular flexibility index (Phi) is 3.30.